The molecule has 0 aromatic rings. The Hall–Kier alpha value is 0.880. The van der Waals surface area contributed by atoms with E-state index < -0.39 is 6.49 Å². The fourth-order valence-electron chi connectivity index (χ4n) is 1.83. The molecule has 0 heterocycles. The van der Waals surface area contributed by atoms with Crippen LogP contribution in [0.25, 0.3) is 0 Å². The number of hydrogen-bond donors (Lipinski definition) is 3. The molecule has 0 spiro atoms. The van der Waals surface area contributed by atoms with Gasteiger partial charge in [0.05, 0.1) is 5.37 Å². The third-order valence-corrected chi connectivity index (χ3v) is 7.08. The summed E-state index contributed by atoms with van der Waals surface area (Å²) in [5.74, 6) is 0. The molecule has 0 aliphatic heterocycles. The van der Waals surface area contributed by atoms with E-state index in [0.717, 1.165) is 6.54 Å². The summed E-state index contributed by atoms with van der Waals surface area (Å²) in [6.07, 6.45) is 2.37. The fourth-order valence-corrected chi connectivity index (χ4v) is 7.14. The molecule has 0 aromatic heterocycles. The highest BCUT2D eigenvalue weighted by Crippen LogP contribution is 2.44. The van der Waals surface area contributed by atoms with E-state index in [4.69, 9.17) is 11.8 Å². The Morgan fingerprint density at radius 1 is 1.17 bits per heavy atom. The van der Waals surface area contributed by atoms with Crippen LogP contribution in [-0.4, -0.2) is 28.7 Å². The third-order valence-electron chi connectivity index (χ3n) is 2.49. The molecule has 0 saturated carbocycles. The predicted molar refractivity (Wildman–Crippen MR) is 90.9 cm³/mol. The van der Waals surface area contributed by atoms with Crippen molar-refractivity contribution in [3.05, 3.63) is 0 Å². The van der Waals surface area contributed by atoms with Crippen LogP contribution in [-0.2, 0) is 11.8 Å². The summed E-state index contributed by atoms with van der Waals surface area (Å²) < 4.78 is 2.42. The van der Waals surface area contributed by atoms with Crippen molar-refractivity contribution in [1.82, 2.24) is 14.8 Å². The highest BCUT2D eigenvalue weighted by Gasteiger charge is 2.28. The molecule has 0 aliphatic rings. The molecule has 18 heavy (non-hydrogen) atoms. The standard InChI is InChI=1S/C12H30N3PS2/c1-7-8-9-15(11(4)5)16(18,13-10(2)3)14-12(6)17/h10-12,17H,7-9H2,1-6H3,(H2,13,14,18). The van der Waals surface area contributed by atoms with Gasteiger partial charge in [0.1, 0.15) is 6.49 Å². The van der Waals surface area contributed by atoms with E-state index in [1.165, 1.54) is 12.8 Å². The van der Waals surface area contributed by atoms with E-state index in [1.807, 2.05) is 6.92 Å². The maximum atomic E-state index is 5.93. The minimum absolute atomic E-state index is 0.102. The summed E-state index contributed by atoms with van der Waals surface area (Å²) in [6, 6.07) is 0.812. The van der Waals surface area contributed by atoms with Crippen molar-refractivity contribution in [2.75, 3.05) is 6.54 Å². The Bertz CT molecular complexity index is 256. The normalized spacial score (nSPS) is 17.4. The summed E-state index contributed by atoms with van der Waals surface area (Å²) in [5, 5.41) is 7.15. The SMILES string of the molecule is CCCCN(C(C)C)P(=S)(NC(C)C)NC(C)S. The first-order chi connectivity index (χ1) is 8.23. The van der Waals surface area contributed by atoms with Gasteiger partial charge in [0.25, 0.3) is 0 Å². The van der Waals surface area contributed by atoms with Crippen molar-refractivity contribution >= 4 is 30.9 Å². The van der Waals surface area contributed by atoms with Gasteiger partial charge in [0, 0.05) is 18.6 Å². The fraction of sp³-hybridized carbons (Fsp3) is 1.00. The topological polar surface area (TPSA) is 27.3 Å². The Balaban J connectivity index is 5.02. The first-order valence-electron chi connectivity index (χ1n) is 6.83. The molecule has 0 radical (unpaired) electrons. The van der Waals surface area contributed by atoms with E-state index in [1.54, 1.807) is 0 Å². The van der Waals surface area contributed by atoms with Gasteiger partial charge >= 0.3 is 0 Å². The second-order valence-electron chi connectivity index (χ2n) is 5.28. The van der Waals surface area contributed by atoms with Crippen LogP contribution in [0.1, 0.15) is 54.4 Å². The lowest BCUT2D eigenvalue weighted by Crippen LogP contribution is -2.43. The molecule has 0 fully saturated rings. The molecule has 0 aromatic carbocycles. The minimum atomic E-state index is -1.94. The summed E-state index contributed by atoms with van der Waals surface area (Å²) in [5.41, 5.74) is 0. The molecule has 110 valence electrons. The van der Waals surface area contributed by atoms with E-state index >= 15 is 0 Å². The second-order valence-corrected chi connectivity index (χ2v) is 9.82. The lowest BCUT2D eigenvalue weighted by Gasteiger charge is -2.40. The molecular formula is C12H30N3PS2. The first kappa shape index (κ1) is 18.9. The highest BCUT2D eigenvalue weighted by atomic mass is 32.4. The summed E-state index contributed by atoms with van der Waals surface area (Å²) in [7, 11) is 0. The van der Waals surface area contributed by atoms with Crippen LogP contribution < -0.4 is 10.2 Å². The minimum Gasteiger partial charge on any atom is -0.263 e. The van der Waals surface area contributed by atoms with Crippen molar-refractivity contribution in [1.29, 1.82) is 0 Å². The van der Waals surface area contributed by atoms with Crippen molar-refractivity contribution in [3.8, 4) is 0 Å². The molecule has 2 N–H and O–H groups in total. The van der Waals surface area contributed by atoms with Crippen LogP contribution >= 0.6 is 19.1 Å². The molecule has 0 amide bonds. The van der Waals surface area contributed by atoms with Gasteiger partial charge in [-0.05, 0) is 52.8 Å². The zero-order chi connectivity index (χ0) is 14.3. The largest absolute Gasteiger partial charge is 0.263 e. The van der Waals surface area contributed by atoms with Gasteiger partial charge in [0.2, 0.25) is 0 Å². The smallest absolute Gasteiger partial charge is 0.141 e. The van der Waals surface area contributed by atoms with Gasteiger partial charge in [0.15, 0.2) is 0 Å². The molecule has 3 nitrogen and oxygen atoms in total. The number of thiol groups is 1. The van der Waals surface area contributed by atoms with Crippen LogP contribution in [0, 0.1) is 0 Å². The number of hydrogen-bond acceptors (Lipinski definition) is 2. The molecule has 0 bridgehead atoms. The first-order valence-corrected chi connectivity index (χ1v) is 10.1. The monoisotopic (exact) mass is 311 g/mol. The average Bonchev–Trinajstić information content (AvgIpc) is 2.14. The van der Waals surface area contributed by atoms with Crippen LogP contribution in [0.3, 0.4) is 0 Å². The van der Waals surface area contributed by atoms with Gasteiger partial charge in [-0.2, -0.15) is 12.6 Å². The Morgan fingerprint density at radius 3 is 2.06 bits per heavy atom. The number of nitrogens with zero attached hydrogens (tertiary/aromatic N) is 1. The van der Waals surface area contributed by atoms with Gasteiger partial charge in [-0.3, -0.25) is 10.2 Å². The van der Waals surface area contributed by atoms with Gasteiger partial charge < -0.3 is 0 Å². The third kappa shape index (κ3) is 6.88. The maximum absolute atomic E-state index is 5.93. The predicted octanol–water partition coefficient (Wildman–Crippen LogP) is 3.58. The second kappa shape index (κ2) is 8.93. The lowest BCUT2D eigenvalue weighted by molar-refractivity contribution is 0.362. The van der Waals surface area contributed by atoms with Crippen LogP contribution in [0.4, 0.5) is 0 Å². The summed E-state index contributed by atoms with van der Waals surface area (Å²) >= 11 is 10.4. The molecule has 0 rings (SSSR count). The Morgan fingerprint density at radius 2 is 1.72 bits per heavy atom. The molecular weight excluding hydrogens is 281 g/mol. The molecule has 6 heteroatoms. The van der Waals surface area contributed by atoms with Crippen molar-refractivity contribution in [3.63, 3.8) is 0 Å². The zero-order valence-corrected chi connectivity index (χ0v) is 15.2. The summed E-state index contributed by atoms with van der Waals surface area (Å²) in [4.78, 5) is 0. The average molecular weight is 312 g/mol. The van der Waals surface area contributed by atoms with E-state index in [-0.39, 0.29) is 5.37 Å². The van der Waals surface area contributed by atoms with E-state index in [9.17, 15) is 0 Å². The quantitative estimate of drug-likeness (QED) is 0.345. The van der Waals surface area contributed by atoms with Crippen molar-refractivity contribution in [2.24, 2.45) is 0 Å². The molecule has 0 saturated heterocycles. The van der Waals surface area contributed by atoms with Gasteiger partial charge in [-0.1, -0.05) is 13.3 Å². The van der Waals surface area contributed by atoms with E-state index in [0.29, 0.717) is 12.1 Å². The molecule has 2 unspecified atom stereocenters. The number of rotatable bonds is 9. The maximum Gasteiger partial charge on any atom is 0.141 e. The lowest BCUT2D eigenvalue weighted by atomic mass is 10.3. The van der Waals surface area contributed by atoms with Gasteiger partial charge in [-0.15, -0.1) is 0 Å². The summed E-state index contributed by atoms with van der Waals surface area (Å²) in [6.45, 7) is 12.1. The van der Waals surface area contributed by atoms with E-state index in [2.05, 4.69) is 62.1 Å². The zero-order valence-electron chi connectivity index (χ0n) is 12.6. The van der Waals surface area contributed by atoms with Gasteiger partial charge in [-0.25, -0.2) is 4.67 Å². The van der Waals surface area contributed by atoms with Crippen molar-refractivity contribution < 1.29 is 0 Å². The highest BCUT2D eigenvalue weighted by molar-refractivity contribution is 8.11. The number of unbranched alkanes of at least 4 members (excludes halogenated alkanes) is 1. The Kier molecular flexibility index (Phi) is 9.37. The van der Waals surface area contributed by atoms with Crippen molar-refractivity contribution in [2.45, 2.75) is 71.8 Å². The van der Waals surface area contributed by atoms with Crippen LogP contribution in [0.2, 0.25) is 0 Å². The van der Waals surface area contributed by atoms with Crippen LogP contribution in [0.15, 0.2) is 0 Å². The number of nitrogens with one attached hydrogen (secondary N) is 2. The molecule has 2 atom stereocenters. The van der Waals surface area contributed by atoms with Crippen LogP contribution in [0.5, 0.6) is 0 Å². The molecule has 0 aliphatic carbocycles. The Labute approximate surface area is 124 Å².